The normalized spacial score (nSPS) is 14.5. The van der Waals surface area contributed by atoms with Crippen molar-refractivity contribution in [1.82, 2.24) is 4.57 Å². The van der Waals surface area contributed by atoms with Crippen molar-refractivity contribution >= 4 is 44.4 Å². The van der Waals surface area contributed by atoms with E-state index in [4.69, 9.17) is 0 Å². The zero-order valence-electron chi connectivity index (χ0n) is 30.1. The molecule has 53 heavy (non-hydrogen) atoms. The molecule has 1 heterocycles. The molecule has 0 atom stereocenters. The molecule has 0 unspecified atom stereocenters. The molecule has 0 spiro atoms. The second-order valence-electron chi connectivity index (χ2n) is 14.9. The number of rotatable bonds is 6. The lowest BCUT2D eigenvalue weighted by Crippen LogP contribution is -2.18. The van der Waals surface area contributed by atoms with E-state index in [0.717, 1.165) is 24.2 Å². The molecule has 2 aliphatic carbocycles. The predicted molar refractivity (Wildman–Crippen MR) is 225 cm³/mol. The van der Waals surface area contributed by atoms with Gasteiger partial charge in [0.2, 0.25) is 0 Å². The first-order valence-corrected chi connectivity index (χ1v) is 18.7. The zero-order valence-corrected chi connectivity index (χ0v) is 30.1. The summed E-state index contributed by atoms with van der Waals surface area (Å²) in [6, 6.07) is 62.2. The van der Waals surface area contributed by atoms with Gasteiger partial charge in [0.05, 0.1) is 11.0 Å². The van der Waals surface area contributed by atoms with E-state index >= 15 is 0 Å². The quantitative estimate of drug-likeness (QED) is 0.170. The molecule has 0 radical (unpaired) electrons. The van der Waals surface area contributed by atoms with Gasteiger partial charge in [0.15, 0.2) is 0 Å². The molecule has 0 saturated heterocycles. The summed E-state index contributed by atoms with van der Waals surface area (Å²) in [6.45, 7) is 4.77. The Balaban J connectivity index is 1.11. The van der Waals surface area contributed by atoms with Crippen LogP contribution in [0.25, 0.3) is 55.3 Å². The molecule has 0 bridgehead atoms. The molecule has 0 fully saturated rings. The molecule has 1 aromatic heterocycles. The summed E-state index contributed by atoms with van der Waals surface area (Å²) in [5.41, 5.74) is 17.6. The fourth-order valence-corrected chi connectivity index (χ4v) is 8.84. The number of anilines is 3. The second kappa shape index (κ2) is 12.4. The molecule has 8 aromatic rings. The lowest BCUT2D eigenvalue weighted by Gasteiger charge is -2.29. The maximum atomic E-state index is 2.45. The summed E-state index contributed by atoms with van der Waals surface area (Å²) in [7, 11) is 0. The maximum absolute atomic E-state index is 2.45. The Hall–Kier alpha value is -6.38. The van der Waals surface area contributed by atoms with Crippen LogP contribution in [0.15, 0.2) is 188 Å². The van der Waals surface area contributed by atoms with Crippen LogP contribution < -0.4 is 4.90 Å². The van der Waals surface area contributed by atoms with Crippen LogP contribution in [-0.4, -0.2) is 4.57 Å². The smallest absolute Gasteiger partial charge is 0.0541 e. The Morgan fingerprint density at radius 3 is 1.98 bits per heavy atom. The Morgan fingerprint density at radius 2 is 1.15 bits per heavy atom. The number of para-hydroxylation sites is 2. The van der Waals surface area contributed by atoms with E-state index in [1.807, 2.05) is 0 Å². The van der Waals surface area contributed by atoms with Crippen LogP contribution in [0.3, 0.4) is 0 Å². The van der Waals surface area contributed by atoms with Gasteiger partial charge in [-0.15, -0.1) is 0 Å². The number of hydrogen-bond donors (Lipinski definition) is 0. The van der Waals surface area contributed by atoms with Gasteiger partial charge in [-0.1, -0.05) is 129 Å². The van der Waals surface area contributed by atoms with E-state index in [-0.39, 0.29) is 5.41 Å². The predicted octanol–water partition coefficient (Wildman–Crippen LogP) is 14.0. The number of aromatic nitrogens is 1. The van der Waals surface area contributed by atoms with Gasteiger partial charge in [-0.3, -0.25) is 0 Å². The highest BCUT2D eigenvalue weighted by molar-refractivity contribution is 6.10. The highest BCUT2D eigenvalue weighted by atomic mass is 15.1. The summed E-state index contributed by atoms with van der Waals surface area (Å²) < 4.78 is 2.38. The molecule has 2 nitrogen and oxygen atoms in total. The summed E-state index contributed by atoms with van der Waals surface area (Å²) >= 11 is 0. The minimum atomic E-state index is -0.0450. The van der Waals surface area contributed by atoms with Crippen LogP contribution >= 0.6 is 0 Å². The first kappa shape index (κ1) is 31.4. The van der Waals surface area contributed by atoms with Crippen molar-refractivity contribution in [3.8, 4) is 27.9 Å². The highest BCUT2D eigenvalue weighted by Crippen LogP contribution is 2.52. The van der Waals surface area contributed by atoms with Gasteiger partial charge in [0.1, 0.15) is 0 Å². The minimum Gasteiger partial charge on any atom is -0.310 e. The highest BCUT2D eigenvalue weighted by Gasteiger charge is 2.37. The van der Waals surface area contributed by atoms with Crippen LogP contribution in [0.1, 0.15) is 37.8 Å². The van der Waals surface area contributed by atoms with E-state index < -0.39 is 0 Å². The monoisotopic (exact) mass is 680 g/mol. The maximum Gasteiger partial charge on any atom is 0.0541 e. The van der Waals surface area contributed by atoms with E-state index in [2.05, 4.69) is 205 Å². The standard InChI is InChI=1S/C51H40N2/c1-51(2)47-22-11-9-20-43(47)44-30-29-42(34-48(44)51)52(40-27-24-36(25-28-40)35-14-5-3-6-15-35)41-19-13-16-37(32-41)38-26-31-50-46(33-38)45-21-10-12-23-49(45)53(50)39-17-7-4-8-18-39/h3-8,10-19,21-34H,9,20H2,1-2H3. The van der Waals surface area contributed by atoms with Crippen LogP contribution in [0.2, 0.25) is 0 Å². The lowest BCUT2D eigenvalue weighted by molar-refractivity contribution is 0.651. The molecule has 254 valence electrons. The topological polar surface area (TPSA) is 8.17 Å². The van der Waals surface area contributed by atoms with Crippen LogP contribution in [-0.2, 0) is 5.41 Å². The van der Waals surface area contributed by atoms with Gasteiger partial charge in [-0.25, -0.2) is 0 Å². The third kappa shape index (κ3) is 5.17. The average Bonchev–Trinajstić information content (AvgIpc) is 3.67. The average molecular weight is 681 g/mol. The Morgan fingerprint density at radius 1 is 0.509 bits per heavy atom. The van der Waals surface area contributed by atoms with Gasteiger partial charge in [0.25, 0.3) is 0 Å². The lowest BCUT2D eigenvalue weighted by atomic mass is 9.80. The molecule has 2 heteroatoms. The Kier molecular flexibility index (Phi) is 7.33. The number of nitrogens with zero attached hydrogens (tertiary/aromatic N) is 2. The Bertz CT molecular complexity index is 2730. The van der Waals surface area contributed by atoms with Gasteiger partial charge in [-0.05, 0) is 124 Å². The molecule has 0 amide bonds. The number of fused-ring (bicyclic) bond motifs is 5. The van der Waals surface area contributed by atoms with E-state index in [1.54, 1.807) is 0 Å². The van der Waals surface area contributed by atoms with Crippen LogP contribution in [0, 0.1) is 0 Å². The summed E-state index contributed by atoms with van der Waals surface area (Å²) in [6.07, 6.45) is 6.94. The van der Waals surface area contributed by atoms with Crippen molar-refractivity contribution in [2.45, 2.75) is 32.1 Å². The fourth-order valence-electron chi connectivity index (χ4n) is 8.84. The van der Waals surface area contributed by atoms with Crippen molar-refractivity contribution in [2.24, 2.45) is 0 Å². The number of allylic oxidation sites excluding steroid dienone is 4. The first-order chi connectivity index (χ1) is 26.0. The van der Waals surface area contributed by atoms with E-state index in [1.165, 1.54) is 77.7 Å². The molecule has 0 N–H and O–H groups in total. The summed E-state index contributed by atoms with van der Waals surface area (Å²) in [5.74, 6) is 0. The van der Waals surface area contributed by atoms with Crippen LogP contribution in [0.5, 0.6) is 0 Å². The van der Waals surface area contributed by atoms with Gasteiger partial charge in [-0.2, -0.15) is 0 Å². The largest absolute Gasteiger partial charge is 0.310 e. The third-order valence-electron chi connectivity index (χ3n) is 11.5. The first-order valence-electron chi connectivity index (χ1n) is 18.7. The number of benzene rings is 7. The van der Waals surface area contributed by atoms with Crippen molar-refractivity contribution < 1.29 is 0 Å². The van der Waals surface area contributed by atoms with Gasteiger partial charge < -0.3 is 9.47 Å². The molecular formula is C51H40N2. The molecule has 0 saturated carbocycles. The van der Waals surface area contributed by atoms with Crippen molar-refractivity contribution in [1.29, 1.82) is 0 Å². The van der Waals surface area contributed by atoms with Crippen LogP contribution in [0.4, 0.5) is 17.1 Å². The second-order valence-corrected chi connectivity index (χ2v) is 14.9. The third-order valence-corrected chi connectivity index (χ3v) is 11.5. The Labute approximate surface area is 311 Å². The fraction of sp³-hybridized carbons (Fsp3) is 0.0980. The molecule has 2 aliphatic rings. The number of hydrogen-bond acceptors (Lipinski definition) is 1. The molecule has 0 aliphatic heterocycles. The van der Waals surface area contributed by atoms with Crippen molar-refractivity contribution in [2.75, 3.05) is 4.90 Å². The van der Waals surface area contributed by atoms with Crippen molar-refractivity contribution in [3.63, 3.8) is 0 Å². The molecule has 7 aromatic carbocycles. The minimum absolute atomic E-state index is 0.0450. The molecular weight excluding hydrogens is 641 g/mol. The van der Waals surface area contributed by atoms with E-state index in [9.17, 15) is 0 Å². The summed E-state index contributed by atoms with van der Waals surface area (Å²) in [5, 5.41) is 2.52. The van der Waals surface area contributed by atoms with Gasteiger partial charge >= 0.3 is 0 Å². The summed E-state index contributed by atoms with van der Waals surface area (Å²) in [4.78, 5) is 2.43. The SMILES string of the molecule is CC1(C)C2=C(CCC=C2)c2ccc(N(c3ccc(-c4ccccc4)cc3)c3cccc(-c4ccc5c(c4)c4ccccc4n5-c4ccccc4)c3)cc21. The molecule has 10 rings (SSSR count). The van der Waals surface area contributed by atoms with Crippen molar-refractivity contribution in [3.05, 3.63) is 199 Å². The zero-order chi connectivity index (χ0) is 35.5. The van der Waals surface area contributed by atoms with E-state index in [0.29, 0.717) is 0 Å². The van der Waals surface area contributed by atoms with Gasteiger partial charge in [0, 0.05) is 38.9 Å².